The lowest BCUT2D eigenvalue weighted by Gasteiger charge is -2.27. The van der Waals surface area contributed by atoms with Gasteiger partial charge in [-0.15, -0.1) is 0 Å². The molecule has 0 radical (unpaired) electrons. The molecule has 1 aliphatic heterocycles. The van der Waals surface area contributed by atoms with E-state index in [2.05, 4.69) is 20.9 Å². The summed E-state index contributed by atoms with van der Waals surface area (Å²) in [6, 6.07) is 8.12. The number of nitrogens with one attached hydrogen (secondary N) is 3. The van der Waals surface area contributed by atoms with Crippen molar-refractivity contribution in [2.24, 2.45) is 0 Å². The predicted molar refractivity (Wildman–Crippen MR) is 102 cm³/mol. The van der Waals surface area contributed by atoms with Crippen molar-refractivity contribution in [3.63, 3.8) is 0 Å². The Morgan fingerprint density at radius 3 is 2.62 bits per heavy atom. The quantitative estimate of drug-likeness (QED) is 0.772. The van der Waals surface area contributed by atoms with Gasteiger partial charge in [-0.1, -0.05) is 17.7 Å². The van der Waals surface area contributed by atoms with Crippen LogP contribution in [0.25, 0.3) is 0 Å². The predicted octanol–water partition coefficient (Wildman–Crippen LogP) is 2.73. The zero-order valence-electron chi connectivity index (χ0n) is 14.4. The molecule has 1 aromatic heterocycles. The Balaban J connectivity index is 1.77. The lowest BCUT2D eigenvalue weighted by atomic mass is 10.1. The highest BCUT2D eigenvalue weighted by Gasteiger charge is 2.19. The average Bonchev–Trinajstić information content (AvgIpc) is 2.65. The molecule has 0 bridgehead atoms. The number of piperazine rings is 1. The number of rotatable bonds is 3. The first-order valence-electron chi connectivity index (χ1n) is 8.33. The minimum atomic E-state index is -0.389. The van der Waals surface area contributed by atoms with Crippen LogP contribution in [0.15, 0.2) is 36.5 Å². The minimum absolute atomic E-state index is 0.240. The maximum Gasteiger partial charge on any atom is 0.321 e. The van der Waals surface area contributed by atoms with Gasteiger partial charge >= 0.3 is 6.03 Å². The van der Waals surface area contributed by atoms with Gasteiger partial charge in [-0.3, -0.25) is 4.79 Å². The molecular formula is C18H20ClN5O2. The first kappa shape index (κ1) is 18.2. The maximum absolute atomic E-state index is 12.6. The van der Waals surface area contributed by atoms with Crippen LogP contribution in [0.5, 0.6) is 0 Å². The number of halogens is 1. The van der Waals surface area contributed by atoms with Crippen molar-refractivity contribution in [3.8, 4) is 0 Å². The number of nitrogens with zero attached hydrogens (tertiary/aromatic N) is 2. The maximum atomic E-state index is 12.6. The molecule has 1 fully saturated rings. The van der Waals surface area contributed by atoms with Crippen molar-refractivity contribution in [3.05, 3.63) is 52.7 Å². The van der Waals surface area contributed by atoms with Gasteiger partial charge in [0.25, 0.3) is 5.91 Å². The van der Waals surface area contributed by atoms with Gasteiger partial charge in [-0.05, 0) is 36.8 Å². The van der Waals surface area contributed by atoms with Crippen LogP contribution in [0.4, 0.5) is 16.3 Å². The van der Waals surface area contributed by atoms with Gasteiger partial charge in [0.2, 0.25) is 0 Å². The summed E-state index contributed by atoms with van der Waals surface area (Å²) >= 11 is 6.04. The van der Waals surface area contributed by atoms with E-state index in [4.69, 9.17) is 11.6 Å². The van der Waals surface area contributed by atoms with Crippen molar-refractivity contribution in [1.29, 1.82) is 0 Å². The summed E-state index contributed by atoms with van der Waals surface area (Å²) in [5.74, 6) is 0.0411. The molecule has 7 nitrogen and oxygen atoms in total. The van der Waals surface area contributed by atoms with Crippen LogP contribution >= 0.6 is 11.6 Å². The monoisotopic (exact) mass is 373 g/mol. The zero-order chi connectivity index (χ0) is 18.5. The third kappa shape index (κ3) is 4.50. The molecule has 0 aliphatic carbocycles. The molecule has 26 heavy (non-hydrogen) atoms. The fraction of sp³-hybridized carbons (Fsp3) is 0.278. The molecule has 3 N–H and O–H groups in total. The van der Waals surface area contributed by atoms with Crippen LogP contribution in [0.2, 0.25) is 5.02 Å². The number of hydrogen-bond donors (Lipinski definition) is 3. The van der Waals surface area contributed by atoms with E-state index in [9.17, 15) is 9.59 Å². The molecule has 3 amide bonds. The standard InChI is InChI=1S/C18H20ClN5O2/c1-12-2-5-16(21-11-12)23-17(25)14-10-13(19)3-4-15(14)22-18(26)24-8-6-20-7-9-24/h2-5,10-11,20H,6-9H2,1H3,(H,22,26)(H,21,23,25). The van der Waals surface area contributed by atoms with Crippen molar-refractivity contribution in [2.75, 3.05) is 36.8 Å². The molecule has 8 heteroatoms. The molecule has 0 atom stereocenters. The summed E-state index contributed by atoms with van der Waals surface area (Å²) in [7, 11) is 0. The second kappa shape index (κ2) is 8.16. The summed E-state index contributed by atoms with van der Waals surface area (Å²) in [6.45, 7) is 4.66. The summed E-state index contributed by atoms with van der Waals surface area (Å²) in [5, 5.41) is 9.13. The number of aryl methyl sites for hydroxylation is 1. The van der Waals surface area contributed by atoms with Crippen LogP contribution in [0.1, 0.15) is 15.9 Å². The van der Waals surface area contributed by atoms with Crippen molar-refractivity contribution >= 4 is 35.0 Å². The van der Waals surface area contributed by atoms with Gasteiger partial charge in [0.1, 0.15) is 5.82 Å². The fourth-order valence-corrected chi connectivity index (χ4v) is 2.77. The number of benzene rings is 1. The van der Waals surface area contributed by atoms with Crippen LogP contribution in [0, 0.1) is 6.92 Å². The van der Waals surface area contributed by atoms with Gasteiger partial charge in [-0.25, -0.2) is 9.78 Å². The van der Waals surface area contributed by atoms with Crippen molar-refractivity contribution in [1.82, 2.24) is 15.2 Å². The van der Waals surface area contributed by atoms with E-state index in [-0.39, 0.29) is 17.5 Å². The van der Waals surface area contributed by atoms with E-state index in [1.54, 1.807) is 29.3 Å². The number of urea groups is 1. The van der Waals surface area contributed by atoms with Crippen molar-refractivity contribution in [2.45, 2.75) is 6.92 Å². The van der Waals surface area contributed by atoms with Gasteiger partial charge in [0.15, 0.2) is 0 Å². The Morgan fingerprint density at radius 1 is 1.15 bits per heavy atom. The minimum Gasteiger partial charge on any atom is -0.322 e. The van der Waals surface area contributed by atoms with Crippen LogP contribution in [-0.4, -0.2) is 48.0 Å². The first-order valence-corrected chi connectivity index (χ1v) is 8.71. The lowest BCUT2D eigenvalue weighted by molar-refractivity contribution is 0.102. The Hall–Kier alpha value is -2.64. The second-order valence-corrected chi connectivity index (χ2v) is 6.47. The smallest absolute Gasteiger partial charge is 0.321 e. The number of pyridine rings is 1. The summed E-state index contributed by atoms with van der Waals surface area (Å²) in [4.78, 5) is 30.9. The molecule has 2 heterocycles. The van der Waals surface area contributed by atoms with Gasteiger partial charge in [-0.2, -0.15) is 0 Å². The Kier molecular flexibility index (Phi) is 5.70. The first-order chi connectivity index (χ1) is 12.5. The SMILES string of the molecule is Cc1ccc(NC(=O)c2cc(Cl)ccc2NC(=O)N2CCNCC2)nc1. The largest absolute Gasteiger partial charge is 0.322 e. The molecule has 2 aromatic rings. The molecule has 0 unspecified atom stereocenters. The number of carbonyl (C=O) groups is 2. The van der Waals surface area contributed by atoms with Gasteiger partial charge in [0.05, 0.1) is 11.3 Å². The number of amides is 3. The third-order valence-corrected chi connectivity index (χ3v) is 4.26. The second-order valence-electron chi connectivity index (χ2n) is 6.03. The third-order valence-electron chi connectivity index (χ3n) is 4.03. The van der Waals surface area contributed by atoms with E-state index in [1.807, 2.05) is 13.0 Å². The molecule has 136 valence electrons. The molecule has 1 aliphatic rings. The fourth-order valence-electron chi connectivity index (χ4n) is 2.60. The van der Waals surface area contributed by atoms with Crippen molar-refractivity contribution < 1.29 is 9.59 Å². The normalized spacial score (nSPS) is 14.0. The number of anilines is 2. The highest BCUT2D eigenvalue weighted by Crippen LogP contribution is 2.22. The van der Waals surface area contributed by atoms with Gasteiger partial charge < -0.3 is 20.9 Å². The highest BCUT2D eigenvalue weighted by atomic mass is 35.5. The van der Waals surface area contributed by atoms with Crippen LogP contribution < -0.4 is 16.0 Å². The molecule has 1 saturated heterocycles. The summed E-state index contributed by atoms with van der Waals surface area (Å²) < 4.78 is 0. The van der Waals surface area contributed by atoms with E-state index in [0.29, 0.717) is 29.6 Å². The van der Waals surface area contributed by atoms with Crippen LogP contribution in [0.3, 0.4) is 0 Å². The molecule has 0 saturated carbocycles. The van der Waals surface area contributed by atoms with E-state index >= 15 is 0 Å². The zero-order valence-corrected chi connectivity index (χ0v) is 15.1. The molecule has 3 rings (SSSR count). The molecular weight excluding hydrogens is 354 g/mol. The number of hydrogen-bond acceptors (Lipinski definition) is 4. The Labute approximate surface area is 156 Å². The van der Waals surface area contributed by atoms with Gasteiger partial charge in [0, 0.05) is 37.4 Å². The Bertz CT molecular complexity index is 804. The summed E-state index contributed by atoms with van der Waals surface area (Å²) in [5.41, 5.74) is 1.68. The summed E-state index contributed by atoms with van der Waals surface area (Å²) in [6.07, 6.45) is 1.67. The number of carbonyl (C=O) groups excluding carboxylic acids is 2. The Morgan fingerprint density at radius 2 is 1.92 bits per heavy atom. The molecule has 1 aromatic carbocycles. The van der Waals surface area contributed by atoms with E-state index in [0.717, 1.165) is 18.7 Å². The highest BCUT2D eigenvalue weighted by molar-refractivity contribution is 6.31. The molecule has 0 spiro atoms. The topological polar surface area (TPSA) is 86.4 Å². The number of aromatic nitrogens is 1. The average molecular weight is 374 g/mol. The van der Waals surface area contributed by atoms with Crippen LogP contribution in [-0.2, 0) is 0 Å². The van der Waals surface area contributed by atoms with E-state index < -0.39 is 0 Å². The lowest BCUT2D eigenvalue weighted by Crippen LogP contribution is -2.48. The van der Waals surface area contributed by atoms with E-state index in [1.165, 1.54) is 6.07 Å².